The summed E-state index contributed by atoms with van der Waals surface area (Å²) in [5.74, 6) is 0.423. The number of piperidine rings is 1. The maximum absolute atomic E-state index is 9.21. The number of aryl methyl sites for hydroxylation is 1. The van der Waals surface area contributed by atoms with E-state index in [0.717, 1.165) is 37.2 Å². The normalized spacial score (nSPS) is 21.1. The van der Waals surface area contributed by atoms with Gasteiger partial charge in [-0.1, -0.05) is 0 Å². The highest BCUT2D eigenvalue weighted by atomic mass is 16.3. The van der Waals surface area contributed by atoms with Gasteiger partial charge in [0.1, 0.15) is 0 Å². The summed E-state index contributed by atoms with van der Waals surface area (Å²) < 4.78 is 0. The van der Waals surface area contributed by atoms with E-state index in [9.17, 15) is 5.11 Å². The lowest BCUT2D eigenvalue weighted by molar-refractivity contribution is 0.209. The SMILES string of the molecule is Cc1cc(N2CCCC(CO)C2)ccc1N. The minimum atomic E-state index is 0.296. The van der Waals surface area contributed by atoms with Crippen molar-refractivity contribution in [2.24, 2.45) is 5.92 Å². The first kappa shape index (κ1) is 11.3. The molecule has 0 aromatic heterocycles. The van der Waals surface area contributed by atoms with Gasteiger partial charge in [-0.25, -0.2) is 0 Å². The molecule has 1 aromatic rings. The van der Waals surface area contributed by atoms with Gasteiger partial charge in [-0.3, -0.25) is 0 Å². The molecule has 1 heterocycles. The quantitative estimate of drug-likeness (QED) is 0.747. The highest BCUT2D eigenvalue weighted by Gasteiger charge is 2.19. The Kier molecular flexibility index (Phi) is 3.34. The molecular weight excluding hydrogens is 200 g/mol. The van der Waals surface area contributed by atoms with Crippen LogP contribution in [0.3, 0.4) is 0 Å². The molecular formula is C13H20N2O. The average molecular weight is 220 g/mol. The summed E-state index contributed by atoms with van der Waals surface area (Å²) in [5.41, 5.74) is 9.01. The van der Waals surface area contributed by atoms with E-state index in [1.807, 2.05) is 13.0 Å². The van der Waals surface area contributed by atoms with Gasteiger partial charge in [0.15, 0.2) is 0 Å². The molecule has 1 aliphatic heterocycles. The molecule has 0 saturated carbocycles. The molecule has 16 heavy (non-hydrogen) atoms. The van der Waals surface area contributed by atoms with Gasteiger partial charge in [-0.2, -0.15) is 0 Å². The second-order valence-corrected chi connectivity index (χ2v) is 4.68. The first-order chi connectivity index (χ1) is 7.70. The molecule has 3 heteroatoms. The first-order valence-electron chi connectivity index (χ1n) is 5.92. The summed E-state index contributed by atoms with van der Waals surface area (Å²) in [6, 6.07) is 6.17. The fourth-order valence-corrected chi connectivity index (χ4v) is 2.31. The van der Waals surface area contributed by atoms with Gasteiger partial charge in [0, 0.05) is 31.1 Å². The summed E-state index contributed by atoms with van der Waals surface area (Å²) in [6.07, 6.45) is 2.30. The Morgan fingerprint density at radius 1 is 1.50 bits per heavy atom. The van der Waals surface area contributed by atoms with Crippen LogP contribution in [0, 0.1) is 12.8 Å². The largest absolute Gasteiger partial charge is 0.399 e. The van der Waals surface area contributed by atoms with Crippen molar-refractivity contribution >= 4 is 11.4 Å². The number of benzene rings is 1. The minimum absolute atomic E-state index is 0.296. The monoisotopic (exact) mass is 220 g/mol. The summed E-state index contributed by atoms with van der Waals surface area (Å²) >= 11 is 0. The number of aliphatic hydroxyl groups excluding tert-OH is 1. The second kappa shape index (κ2) is 4.74. The van der Waals surface area contributed by atoms with Gasteiger partial charge in [-0.15, -0.1) is 0 Å². The third kappa shape index (κ3) is 2.30. The van der Waals surface area contributed by atoms with Crippen LogP contribution in [0.5, 0.6) is 0 Å². The van der Waals surface area contributed by atoms with E-state index in [-0.39, 0.29) is 0 Å². The summed E-state index contributed by atoms with van der Waals surface area (Å²) in [5, 5.41) is 9.21. The molecule has 3 nitrogen and oxygen atoms in total. The molecule has 0 aliphatic carbocycles. The Hall–Kier alpha value is -1.22. The van der Waals surface area contributed by atoms with Crippen LogP contribution >= 0.6 is 0 Å². The van der Waals surface area contributed by atoms with Crippen molar-refractivity contribution in [3.8, 4) is 0 Å². The zero-order chi connectivity index (χ0) is 11.5. The standard InChI is InChI=1S/C13H20N2O/c1-10-7-12(4-5-13(10)14)15-6-2-3-11(8-15)9-16/h4-5,7,11,16H,2-3,6,8-9,14H2,1H3. The Balaban J connectivity index is 2.13. The van der Waals surface area contributed by atoms with Gasteiger partial charge < -0.3 is 15.7 Å². The van der Waals surface area contributed by atoms with Crippen molar-refractivity contribution in [3.63, 3.8) is 0 Å². The highest BCUT2D eigenvalue weighted by Crippen LogP contribution is 2.25. The molecule has 88 valence electrons. The van der Waals surface area contributed by atoms with E-state index < -0.39 is 0 Å². The van der Waals surface area contributed by atoms with E-state index in [2.05, 4.69) is 17.0 Å². The molecule has 1 aromatic carbocycles. The van der Waals surface area contributed by atoms with Crippen LogP contribution in [0.15, 0.2) is 18.2 Å². The fourth-order valence-electron chi connectivity index (χ4n) is 2.31. The van der Waals surface area contributed by atoms with Crippen LogP contribution in [-0.4, -0.2) is 24.8 Å². The number of rotatable bonds is 2. The maximum atomic E-state index is 9.21. The van der Waals surface area contributed by atoms with Crippen molar-refractivity contribution in [1.29, 1.82) is 0 Å². The van der Waals surface area contributed by atoms with Crippen LogP contribution in [-0.2, 0) is 0 Å². The van der Waals surface area contributed by atoms with Crippen LogP contribution in [0.4, 0.5) is 11.4 Å². The number of hydrogen-bond donors (Lipinski definition) is 2. The molecule has 1 fully saturated rings. The number of nitrogen functional groups attached to an aromatic ring is 1. The molecule has 1 aliphatic rings. The number of aliphatic hydroxyl groups is 1. The summed E-state index contributed by atoms with van der Waals surface area (Å²) in [4.78, 5) is 2.34. The predicted octanol–water partition coefficient (Wildman–Crippen LogP) is 1.79. The van der Waals surface area contributed by atoms with Gasteiger partial charge >= 0.3 is 0 Å². The Bertz CT molecular complexity index is 365. The van der Waals surface area contributed by atoms with Gasteiger partial charge in [0.25, 0.3) is 0 Å². The molecule has 1 atom stereocenters. The Morgan fingerprint density at radius 3 is 3.00 bits per heavy atom. The zero-order valence-corrected chi connectivity index (χ0v) is 9.82. The molecule has 0 bridgehead atoms. The van der Waals surface area contributed by atoms with Crippen molar-refractivity contribution in [3.05, 3.63) is 23.8 Å². The number of nitrogens with two attached hydrogens (primary N) is 1. The van der Waals surface area contributed by atoms with E-state index in [1.54, 1.807) is 0 Å². The van der Waals surface area contributed by atoms with Crippen molar-refractivity contribution < 1.29 is 5.11 Å². The molecule has 2 rings (SSSR count). The Morgan fingerprint density at radius 2 is 2.31 bits per heavy atom. The van der Waals surface area contributed by atoms with Crippen LogP contribution < -0.4 is 10.6 Å². The smallest absolute Gasteiger partial charge is 0.0476 e. The third-order valence-corrected chi connectivity index (χ3v) is 3.40. The van der Waals surface area contributed by atoms with Crippen molar-refractivity contribution in [2.75, 3.05) is 30.3 Å². The molecule has 1 saturated heterocycles. The Labute approximate surface area is 96.9 Å². The zero-order valence-electron chi connectivity index (χ0n) is 9.82. The molecule has 3 N–H and O–H groups in total. The minimum Gasteiger partial charge on any atom is -0.399 e. The molecule has 0 spiro atoms. The highest BCUT2D eigenvalue weighted by molar-refractivity contribution is 5.58. The maximum Gasteiger partial charge on any atom is 0.0476 e. The lowest BCUT2D eigenvalue weighted by Gasteiger charge is -2.33. The topological polar surface area (TPSA) is 49.5 Å². The number of anilines is 2. The van der Waals surface area contributed by atoms with Crippen molar-refractivity contribution in [2.45, 2.75) is 19.8 Å². The molecule has 0 amide bonds. The lowest BCUT2D eigenvalue weighted by atomic mass is 9.98. The van der Waals surface area contributed by atoms with Crippen LogP contribution in [0.2, 0.25) is 0 Å². The van der Waals surface area contributed by atoms with Crippen molar-refractivity contribution in [1.82, 2.24) is 0 Å². The molecule has 0 radical (unpaired) electrons. The number of nitrogens with zero attached hydrogens (tertiary/aromatic N) is 1. The second-order valence-electron chi connectivity index (χ2n) is 4.68. The predicted molar refractivity (Wildman–Crippen MR) is 67.6 cm³/mol. The van der Waals surface area contributed by atoms with E-state index >= 15 is 0 Å². The van der Waals surface area contributed by atoms with Crippen LogP contribution in [0.1, 0.15) is 18.4 Å². The van der Waals surface area contributed by atoms with E-state index in [1.165, 1.54) is 5.69 Å². The lowest BCUT2D eigenvalue weighted by Crippen LogP contribution is -2.36. The number of hydrogen-bond acceptors (Lipinski definition) is 3. The van der Waals surface area contributed by atoms with Gasteiger partial charge in [0.2, 0.25) is 0 Å². The first-order valence-corrected chi connectivity index (χ1v) is 5.92. The van der Waals surface area contributed by atoms with E-state index in [4.69, 9.17) is 5.73 Å². The fraction of sp³-hybridized carbons (Fsp3) is 0.538. The summed E-state index contributed by atoms with van der Waals surface area (Å²) in [6.45, 7) is 4.37. The van der Waals surface area contributed by atoms with E-state index in [0.29, 0.717) is 12.5 Å². The average Bonchev–Trinajstić information content (AvgIpc) is 2.33. The third-order valence-electron chi connectivity index (χ3n) is 3.40. The van der Waals surface area contributed by atoms with Gasteiger partial charge in [-0.05, 0) is 49.4 Å². The van der Waals surface area contributed by atoms with Crippen LogP contribution in [0.25, 0.3) is 0 Å². The molecule has 1 unspecified atom stereocenters. The summed E-state index contributed by atoms with van der Waals surface area (Å²) in [7, 11) is 0. The van der Waals surface area contributed by atoms with Gasteiger partial charge in [0.05, 0.1) is 0 Å².